The first-order valence-electron chi connectivity index (χ1n) is 9.70. The number of benzene rings is 1. The summed E-state index contributed by atoms with van der Waals surface area (Å²) in [5.41, 5.74) is 3.67. The fraction of sp³-hybridized carbons (Fsp3) is 0.429. The van der Waals surface area contributed by atoms with Crippen LogP contribution >= 0.6 is 0 Å². The van der Waals surface area contributed by atoms with Crippen LogP contribution in [0.15, 0.2) is 42.6 Å². The van der Waals surface area contributed by atoms with Crippen molar-refractivity contribution >= 4 is 17.5 Å². The quantitative estimate of drug-likeness (QED) is 0.824. The third-order valence-corrected chi connectivity index (χ3v) is 4.88. The van der Waals surface area contributed by atoms with E-state index in [2.05, 4.69) is 56.6 Å². The van der Waals surface area contributed by atoms with Gasteiger partial charge in [0.1, 0.15) is 5.82 Å². The van der Waals surface area contributed by atoms with Crippen molar-refractivity contribution in [2.75, 3.05) is 42.5 Å². The molecule has 6 heteroatoms. The lowest BCUT2D eigenvalue weighted by molar-refractivity contribution is 0.240. The van der Waals surface area contributed by atoms with Crippen molar-refractivity contribution in [1.82, 2.24) is 15.6 Å². The minimum absolute atomic E-state index is 0.129. The molecule has 0 aliphatic carbocycles. The molecule has 0 saturated carbocycles. The van der Waals surface area contributed by atoms with Crippen LogP contribution < -0.4 is 20.4 Å². The Morgan fingerprint density at radius 1 is 1.04 bits per heavy atom. The molecule has 1 aliphatic heterocycles. The molecule has 27 heavy (non-hydrogen) atoms. The number of nitrogens with zero attached hydrogens (tertiary/aromatic N) is 3. The summed E-state index contributed by atoms with van der Waals surface area (Å²) in [7, 11) is 0. The number of rotatable bonds is 6. The first-order valence-corrected chi connectivity index (χ1v) is 9.70. The molecule has 1 fully saturated rings. The van der Waals surface area contributed by atoms with Crippen LogP contribution in [0.1, 0.15) is 24.5 Å². The number of carbonyl (C=O) groups excluding carboxylic acids is 1. The Hall–Kier alpha value is -2.76. The van der Waals surface area contributed by atoms with Crippen molar-refractivity contribution in [3.05, 3.63) is 53.7 Å². The number of amides is 2. The number of aryl methyl sites for hydroxylation is 1. The molecule has 0 atom stereocenters. The summed E-state index contributed by atoms with van der Waals surface area (Å²) < 4.78 is 0. The Bertz CT molecular complexity index is 756. The lowest BCUT2D eigenvalue weighted by atomic mass is 10.1. The second kappa shape index (κ2) is 9.26. The van der Waals surface area contributed by atoms with Gasteiger partial charge >= 0.3 is 6.03 Å². The van der Waals surface area contributed by atoms with Crippen LogP contribution in [0.5, 0.6) is 0 Å². The molecule has 1 saturated heterocycles. The van der Waals surface area contributed by atoms with Crippen molar-refractivity contribution in [2.45, 2.75) is 26.8 Å². The van der Waals surface area contributed by atoms with Gasteiger partial charge in [0.2, 0.25) is 0 Å². The maximum Gasteiger partial charge on any atom is 0.315 e. The molecule has 2 N–H and O–H groups in total. The van der Waals surface area contributed by atoms with E-state index in [4.69, 9.17) is 0 Å². The van der Waals surface area contributed by atoms with Gasteiger partial charge in [0.15, 0.2) is 0 Å². The van der Waals surface area contributed by atoms with Gasteiger partial charge in [-0.15, -0.1) is 0 Å². The third-order valence-electron chi connectivity index (χ3n) is 4.88. The van der Waals surface area contributed by atoms with E-state index < -0.39 is 0 Å². The largest absolute Gasteiger partial charge is 0.368 e. The summed E-state index contributed by atoms with van der Waals surface area (Å²) in [5, 5.41) is 5.77. The van der Waals surface area contributed by atoms with Gasteiger partial charge in [-0.3, -0.25) is 0 Å². The summed E-state index contributed by atoms with van der Waals surface area (Å²) in [5.74, 6) is 0.970. The maximum absolute atomic E-state index is 11.8. The average Bonchev–Trinajstić information content (AvgIpc) is 2.71. The molecule has 1 aliphatic rings. The number of carbonyl (C=O) groups is 1. The van der Waals surface area contributed by atoms with Crippen LogP contribution in [-0.4, -0.2) is 43.7 Å². The second-order valence-corrected chi connectivity index (χ2v) is 6.86. The lowest BCUT2D eigenvalue weighted by Crippen LogP contribution is -2.47. The van der Waals surface area contributed by atoms with Gasteiger partial charge in [0, 0.05) is 56.7 Å². The maximum atomic E-state index is 11.8. The highest BCUT2D eigenvalue weighted by Gasteiger charge is 2.21. The predicted octanol–water partition coefficient (Wildman–Crippen LogP) is 2.93. The van der Waals surface area contributed by atoms with Gasteiger partial charge in [-0.1, -0.05) is 31.2 Å². The van der Waals surface area contributed by atoms with Gasteiger partial charge in [-0.25, -0.2) is 9.78 Å². The van der Waals surface area contributed by atoms with Gasteiger partial charge < -0.3 is 20.4 Å². The molecule has 0 bridgehead atoms. The molecule has 0 radical (unpaired) electrons. The molecule has 6 nitrogen and oxygen atoms in total. The molecule has 3 rings (SSSR count). The van der Waals surface area contributed by atoms with E-state index in [1.807, 2.05) is 25.3 Å². The highest BCUT2D eigenvalue weighted by molar-refractivity contribution is 5.74. The first kappa shape index (κ1) is 19.0. The fourth-order valence-electron chi connectivity index (χ4n) is 3.41. The molecular weight excluding hydrogens is 338 g/mol. The number of nitrogens with one attached hydrogen (secondary N) is 2. The Labute approximate surface area is 161 Å². The van der Waals surface area contributed by atoms with Crippen molar-refractivity contribution in [1.29, 1.82) is 0 Å². The Balaban J connectivity index is 1.61. The number of piperazine rings is 1. The molecular formula is C21H29N5O. The SMILES string of the molecule is CCCNC(=O)NCc1cccnc1N1CCN(c2ccccc2C)CC1. The Kier molecular flexibility index (Phi) is 6.52. The average molecular weight is 367 g/mol. The second-order valence-electron chi connectivity index (χ2n) is 6.86. The molecule has 0 spiro atoms. The van der Waals surface area contributed by atoms with E-state index in [-0.39, 0.29) is 6.03 Å². The summed E-state index contributed by atoms with van der Waals surface area (Å²) in [6.45, 7) is 9.13. The topological polar surface area (TPSA) is 60.5 Å². The molecule has 2 aromatic rings. The van der Waals surface area contributed by atoms with Crippen LogP contribution in [-0.2, 0) is 6.54 Å². The predicted molar refractivity (Wildman–Crippen MR) is 110 cm³/mol. The van der Waals surface area contributed by atoms with E-state index in [1.54, 1.807) is 0 Å². The monoisotopic (exact) mass is 367 g/mol. The smallest absolute Gasteiger partial charge is 0.315 e. The van der Waals surface area contributed by atoms with Crippen molar-refractivity contribution in [3.8, 4) is 0 Å². The molecule has 1 aromatic carbocycles. The van der Waals surface area contributed by atoms with Crippen LogP contribution in [0, 0.1) is 6.92 Å². The zero-order chi connectivity index (χ0) is 19.1. The van der Waals surface area contributed by atoms with Crippen LogP contribution in [0.25, 0.3) is 0 Å². The van der Waals surface area contributed by atoms with E-state index in [1.165, 1.54) is 11.3 Å². The van der Waals surface area contributed by atoms with Crippen LogP contribution in [0.4, 0.5) is 16.3 Å². The zero-order valence-electron chi connectivity index (χ0n) is 16.2. The van der Waals surface area contributed by atoms with Crippen molar-refractivity contribution in [2.24, 2.45) is 0 Å². The van der Waals surface area contributed by atoms with Gasteiger partial charge in [-0.2, -0.15) is 0 Å². The minimum Gasteiger partial charge on any atom is -0.368 e. The normalized spacial score (nSPS) is 14.1. The Morgan fingerprint density at radius 2 is 1.78 bits per heavy atom. The molecule has 1 aromatic heterocycles. The van der Waals surface area contributed by atoms with Gasteiger partial charge in [-0.05, 0) is 31.0 Å². The summed E-state index contributed by atoms with van der Waals surface area (Å²) in [4.78, 5) is 21.2. The van der Waals surface area contributed by atoms with E-state index in [0.29, 0.717) is 13.1 Å². The zero-order valence-corrected chi connectivity index (χ0v) is 16.2. The molecule has 144 valence electrons. The van der Waals surface area contributed by atoms with E-state index >= 15 is 0 Å². The number of para-hydroxylation sites is 1. The number of anilines is 2. The third kappa shape index (κ3) is 4.90. The summed E-state index contributed by atoms with van der Waals surface area (Å²) >= 11 is 0. The number of pyridine rings is 1. The first-order chi connectivity index (χ1) is 13.2. The van der Waals surface area contributed by atoms with E-state index in [0.717, 1.165) is 44.0 Å². The number of urea groups is 1. The number of hydrogen-bond acceptors (Lipinski definition) is 4. The molecule has 2 heterocycles. The van der Waals surface area contributed by atoms with Gasteiger partial charge in [0.05, 0.1) is 0 Å². The summed E-state index contributed by atoms with van der Waals surface area (Å²) in [6, 6.07) is 12.4. The summed E-state index contributed by atoms with van der Waals surface area (Å²) in [6.07, 6.45) is 2.75. The Morgan fingerprint density at radius 3 is 2.52 bits per heavy atom. The fourth-order valence-corrected chi connectivity index (χ4v) is 3.41. The minimum atomic E-state index is -0.129. The molecule has 2 amide bonds. The highest BCUT2D eigenvalue weighted by Crippen LogP contribution is 2.24. The van der Waals surface area contributed by atoms with Gasteiger partial charge in [0.25, 0.3) is 0 Å². The number of hydrogen-bond donors (Lipinski definition) is 2. The standard InChI is InChI=1S/C21H29N5O/c1-3-10-23-21(27)24-16-18-8-6-11-22-20(18)26-14-12-25(13-15-26)19-9-5-4-7-17(19)2/h4-9,11H,3,10,12-16H2,1-2H3,(H2,23,24,27). The molecule has 0 unspecified atom stereocenters. The lowest BCUT2D eigenvalue weighted by Gasteiger charge is -2.38. The van der Waals surface area contributed by atoms with Crippen molar-refractivity contribution in [3.63, 3.8) is 0 Å². The van der Waals surface area contributed by atoms with Crippen molar-refractivity contribution < 1.29 is 4.79 Å². The van der Waals surface area contributed by atoms with Crippen LogP contribution in [0.2, 0.25) is 0 Å². The number of aromatic nitrogens is 1. The van der Waals surface area contributed by atoms with E-state index in [9.17, 15) is 4.79 Å². The highest BCUT2D eigenvalue weighted by atomic mass is 16.2. The van der Waals surface area contributed by atoms with Crippen LogP contribution in [0.3, 0.4) is 0 Å².